The summed E-state index contributed by atoms with van der Waals surface area (Å²) in [5.41, 5.74) is 5.77. The molecule has 3 heterocycles. The van der Waals surface area contributed by atoms with Gasteiger partial charge >= 0.3 is 0 Å². The summed E-state index contributed by atoms with van der Waals surface area (Å²) in [7, 11) is 0. The Balaban J connectivity index is 1.43. The van der Waals surface area contributed by atoms with Crippen molar-refractivity contribution in [1.82, 2.24) is 9.97 Å². The lowest BCUT2D eigenvalue weighted by atomic mass is 9.90. The van der Waals surface area contributed by atoms with Gasteiger partial charge in [-0.2, -0.15) is 0 Å². The van der Waals surface area contributed by atoms with E-state index in [-0.39, 0.29) is 18.3 Å². The number of H-pyrrole nitrogens is 1. The summed E-state index contributed by atoms with van der Waals surface area (Å²) in [6.07, 6.45) is 4.62. The van der Waals surface area contributed by atoms with Crippen molar-refractivity contribution in [1.29, 1.82) is 0 Å². The molecule has 1 aromatic carbocycles. The fraction of sp³-hybridized carbons (Fsp3) is 0.192. The highest BCUT2D eigenvalue weighted by Crippen LogP contribution is 2.35. The molecule has 4 aromatic rings. The molecule has 0 bridgehead atoms. The number of nitrogens with one attached hydrogen (secondary N) is 2. The Labute approximate surface area is 195 Å². The van der Waals surface area contributed by atoms with Crippen molar-refractivity contribution in [3.05, 3.63) is 87.9 Å². The average Bonchev–Trinajstić information content (AvgIpc) is 3.48. The van der Waals surface area contributed by atoms with Gasteiger partial charge in [0.25, 0.3) is 5.91 Å². The van der Waals surface area contributed by atoms with Crippen LogP contribution in [-0.4, -0.2) is 28.3 Å². The van der Waals surface area contributed by atoms with Crippen LogP contribution in [0.15, 0.2) is 65.5 Å². The number of ketones is 1. The minimum absolute atomic E-state index is 0.0901. The molecule has 166 valence electrons. The molecule has 1 aliphatic carbocycles. The number of nitrogens with zero attached hydrogens (tertiary/aromatic N) is 1. The molecule has 1 amide bonds. The van der Waals surface area contributed by atoms with Crippen molar-refractivity contribution < 1.29 is 14.3 Å². The minimum atomic E-state index is -0.281. The first-order valence-electron chi connectivity index (χ1n) is 10.9. The van der Waals surface area contributed by atoms with Crippen LogP contribution in [0.2, 0.25) is 0 Å². The molecule has 0 saturated heterocycles. The molecule has 0 spiro atoms. The first-order valence-corrected chi connectivity index (χ1v) is 11.8. The highest BCUT2D eigenvalue weighted by Gasteiger charge is 2.26. The molecule has 0 radical (unpaired) electrons. The van der Waals surface area contributed by atoms with Gasteiger partial charge in [-0.1, -0.05) is 30.3 Å². The molecule has 0 atom stereocenters. The van der Waals surface area contributed by atoms with Crippen molar-refractivity contribution in [3.63, 3.8) is 0 Å². The Morgan fingerprint density at radius 2 is 2.03 bits per heavy atom. The molecule has 6 nitrogen and oxygen atoms in total. The smallest absolute Gasteiger partial charge is 0.263 e. The number of amides is 1. The van der Waals surface area contributed by atoms with Gasteiger partial charge in [-0.3, -0.25) is 9.59 Å². The molecule has 0 aliphatic heterocycles. The number of aromatic nitrogens is 2. The number of thiophene rings is 1. The summed E-state index contributed by atoms with van der Waals surface area (Å²) in [6.45, 7) is -0.0901. The molecule has 33 heavy (non-hydrogen) atoms. The predicted molar refractivity (Wildman–Crippen MR) is 129 cm³/mol. The lowest BCUT2D eigenvalue weighted by Gasteiger charge is -2.12. The van der Waals surface area contributed by atoms with Gasteiger partial charge in [-0.25, -0.2) is 4.98 Å². The number of ether oxygens (including phenoxy) is 1. The fourth-order valence-corrected chi connectivity index (χ4v) is 4.78. The molecule has 3 aromatic heterocycles. The van der Waals surface area contributed by atoms with Crippen LogP contribution in [0.25, 0.3) is 11.3 Å². The highest BCUT2D eigenvalue weighted by molar-refractivity contribution is 7.08. The Morgan fingerprint density at radius 3 is 2.85 bits per heavy atom. The predicted octanol–water partition coefficient (Wildman–Crippen LogP) is 5.27. The van der Waals surface area contributed by atoms with Crippen LogP contribution in [0.1, 0.15) is 40.0 Å². The van der Waals surface area contributed by atoms with E-state index in [0.29, 0.717) is 24.4 Å². The maximum absolute atomic E-state index is 12.8. The fourth-order valence-electron chi connectivity index (χ4n) is 4.21. The number of Topliss-reactive ketones (excluding diaryl/α,β-unsaturated/α-hetero) is 1. The third kappa shape index (κ3) is 4.73. The van der Waals surface area contributed by atoms with E-state index >= 15 is 0 Å². The van der Waals surface area contributed by atoms with E-state index in [2.05, 4.69) is 27.4 Å². The summed E-state index contributed by atoms with van der Waals surface area (Å²) < 4.78 is 5.47. The zero-order valence-corrected chi connectivity index (χ0v) is 18.8. The van der Waals surface area contributed by atoms with Gasteiger partial charge in [0, 0.05) is 41.2 Å². The lowest BCUT2D eigenvalue weighted by molar-refractivity contribution is -0.118. The van der Waals surface area contributed by atoms with Gasteiger partial charge < -0.3 is 15.0 Å². The number of anilines is 1. The van der Waals surface area contributed by atoms with E-state index in [1.807, 2.05) is 47.2 Å². The molecular formula is C26H23N3O3S. The van der Waals surface area contributed by atoms with Crippen molar-refractivity contribution in [2.75, 3.05) is 11.9 Å². The molecule has 0 saturated carbocycles. The number of carbonyl (C=O) groups is 2. The van der Waals surface area contributed by atoms with E-state index in [0.717, 1.165) is 46.5 Å². The molecular weight excluding hydrogens is 434 g/mol. The molecule has 2 N–H and O–H groups in total. The summed E-state index contributed by atoms with van der Waals surface area (Å²) >= 11 is 1.51. The van der Waals surface area contributed by atoms with E-state index < -0.39 is 0 Å². The Hall–Kier alpha value is -3.71. The van der Waals surface area contributed by atoms with Crippen LogP contribution in [0.3, 0.4) is 0 Å². The van der Waals surface area contributed by atoms with E-state index in [9.17, 15) is 9.59 Å². The lowest BCUT2D eigenvalue weighted by Crippen LogP contribution is -2.20. The number of aryl methyl sites for hydroxylation is 1. The minimum Gasteiger partial charge on any atom is -0.483 e. The molecule has 7 heteroatoms. The summed E-state index contributed by atoms with van der Waals surface area (Å²) in [4.78, 5) is 33.0. The van der Waals surface area contributed by atoms with E-state index in [1.54, 1.807) is 6.20 Å². The van der Waals surface area contributed by atoms with Crippen molar-refractivity contribution in [2.24, 2.45) is 0 Å². The first kappa shape index (κ1) is 21.2. The standard InChI is InChI=1S/C26H23N3O3S/c30-22-8-4-7-21-25(22)20(13-17-5-2-1-3-6-17)26(28-21)18-9-11-27-23(14-18)29-24(31)15-32-19-10-12-33-16-19/h1-3,5-6,9-12,14,16,28H,4,7-8,13,15H2,(H,27,29,31). The number of fused-ring (bicyclic) bond motifs is 1. The zero-order valence-electron chi connectivity index (χ0n) is 18.0. The van der Waals surface area contributed by atoms with Crippen molar-refractivity contribution >= 4 is 28.8 Å². The maximum Gasteiger partial charge on any atom is 0.263 e. The number of benzene rings is 1. The Bertz CT molecular complexity index is 1280. The average molecular weight is 458 g/mol. The van der Waals surface area contributed by atoms with Gasteiger partial charge in [0.05, 0.1) is 5.69 Å². The van der Waals surface area contributed by atoms with Crippen molar-refractivity contribution in [2.45, 2.75) is 25.7 Å². The number of hydrogen-bond acceptors (Lipinski definition) is 5. The van der Waals surface area contributed by atoms with Gasteiger partial charge in [-0.15, -0.1) is 11.3 Å². The summed E-state index contributed by atoms with van der Waals surface area (Å²) in [5, 5.41) is 6.54. The van der Waals surface area contributed by atoms with Crippen LogP contribution >= 0.6 is 11.3 Å². The summed E-state index contributed by atoms with van der Waals surface area (Å²) in [5.74, 6) is 1.02. The molecule has 0 unspecified atom stereocenters. The zero-order chi connectivity index (χ0) is 22.6. The Morgan fingerprint density at radius 1 is 1.15 bits per heavy atom. The number of aromatic amines is 1. The number of carbonyl (C=O) groups excluding carboxylic acids is 2. The van der Waals surface area contributed by atoms with Gasteiger partial charge in [0.1, 0.15) is 11.6 Å². The topological polar surface area (TPSA) is 84.1 Å². The third-order valence-electron chi connectivity index (χ3n) is 5.70. The second-order valence-electron chi connectivity index (χ2n) is 8.00. The maximum atomic E-state index is 12.8. The van der Waals surface area contributed by atoms with Crippen LogP contribution in [0, 0.1) is 0 Å². The van der Waals surface area contributed by atoms with Crippen LogP contribution in [0.4, 0.5) is 5.82 Å². The van der Waals surface area contributed by atoms with Gasteiger partial charge in [0.2, 0.25) is 0 Å². The number of hydrogen-bond donors (Lipinski definition) is 2. The van der Waals surface area contributed by atoms with Crippen LogP contribution in [-0.2, 0) is 17.6 Å². The monoisotopic (exact) mass is 457 g/mol. The molecule has 0 fully saturated rings. The summed E-state index contributed by atoms with van der Waals surface area (Å²) in [6, 6.07) is 15.7. The number of rotatable bonds is 7. The Kier molecular flexibility index (Phi) is 6.04. The first-order chi connectivity index (χ1) is 16.2. The third-order valence-corrected chi connectivity index (χ3v) is 6.36. The SMILES string of the molecule is O=C(COc1ccsc1)Nc1cc(-c2[nH]c3c(c2Cc2ccccc2)C(=O)CCC3)ccn1. The molecule has 1 aliphatic rings. The second kappa shape index (κ2) is 9.42. The largest absolute Gasteiger partial charge is 0.483 e. The van der Waals surface area contributed by atoms with Crippen LogP contribution in [0.5, 0.6) is 5.75 Å². The highest BCUT2D eigenvalue weighted by atomic mass is 32.1. The van der Waals surface area contributed by atoms with Gasteiger partial charge in [-0.05, 0) is 47.5 Å². The number of pyridine rings is 1. The molecule has 5 rings (SSSR count). The van der Waals surface area contributed by atoms with Crippen molar-refractivity contribution in [3.8, 4) is 17.0 Å². The van der Waals surface area contributed by atoms with E-state index in [1.165, 1.54) is 11.3 Å². The normalized spacial score (nSPS) is 12.9. The van der Waals surface area contributed by atoms with Gasteiger partial charge in [0.15, 0.2) is 12.4 Å². The second-order valence-corrected chi connectivity index (χ2v) is 8.78. The van der Waals surface area contributed by atoms with Crippen LogP contribution < -0.4 is 10.1 Å². The van der Waals surface area contributed by atoms with E-state index in [4.69, 9.17) is 4.74 Å². The quantitative estimate of drug-likeness (QED) is 0.396.